The molecular formula is C12H19NO. The highest BCUT2D eigenvalue weighted by atomic mass is 16.3. The number of hydrogen-bond donors (Lipinski definition) is 2. The number of nitrogens with two attached hydrogens (primary N) is 1. The van der Waals surface area contributed by atoms with E-state index in [1.807, 2.05) is 13.0 Å². The summed E-state index contributed by atoms with van der Waals surface area (Å²) < 4.78 is 0. The Bertz CT molecular complexity index is 320. The minimum absolute atomic E-state index is 0.382. The van der Waals surface area contributed by atoms with Crippen LogP contribution in [0.2, 0.25) is 0 Å². The standard InChI is InChI=1S/C12H19NO/c1-4-12(14)11-6-9(3)8(2)5-10(11)7-13/h5-6,12,14H,4,7,13H2,1-3H3. The number of rotatable bonds is 3. The summed E-state index contributed by atoms with van der Waals surface area (Å²) in [7, 11) is 0. The van der Waals surface area contributed by atoms with Gasteiger partial charge in [-0.3, -0.25) is 0 Å². The lowest BCUT2D eigenvalue weighted by Crippen LogP contribution is -2.07. The number of aliphatic hydroxyl groups is 1. The zero-order chi connectivity index (χ0) is 10.7. The van der Waals surface area contributed by atoms with Crippen molar-refractivity contribution < 1.29 is 5.11 Å². The van der Waals surface area contributed by atoms with Crippen molar-refractivity contribution >= 4 is 0 Å². The van der Waals surface area contributed by atoms with Gasteiger partial charge in [0.2, 0.25) is 0 Å². The second-order valence-electron chi connectivity index (χ2n) is 3.76. The number of benzene rings is 1. The van der Waals surface area contributed by atoms with E-state index in [1.54, 1.807) is 0 Å². The molecule has 1 rings (SSSR count). The fraction of sp³-hybridized carbons (Fsp3) is 0.500. The molecule has 0 heterocycles. The number of hydrogen-bond acceptors (Lipinski definition) is 2. The Morgan fingerprint density at radius 2 is 1.86 bits per heavy atom. The Morgan fingerprint density at radius 3 is 2.36 bits per heavy atom. The Morgan fingerprint density at radius 1 is 1.29 bits per heavy atom. The zero-order valence-electron chi connectivity index (χ0n) is 9.17. The van der Waals surface area contributed by atoms with Crippen molar-refractivity contribution in [3.05, 3.63) is 34.4 Å². The molecule has 0 aliphatic rings. The largest absolute Gasteiger partial charge is 0.388 e. The average molecular weight is 193 g/mol. The van der Waals surface area contributed by atoms with Crippen LogP contribution in [0.5, 0.6) is 0 Å². The highest BCUT2D eigenvalue weighted by Crippen LogP contribution is 2.23. The van der Waals surface area contributed by atoms with Crippen molar-refractivity contribution in [2.24, 2.45) is 5.73 Å². The maximum absolute atomic E-state index is 9.80. The van der Waals surface area contributed by atoms with Gasteiger partial charge in [-0.25, -0.2) is 0 Å². The minimum atomic E-state index is -0.382. The van der Waals surface area contributed by atoms with Gasteiger partial charge in [-0.15, -0.1) is 0 Å². The van der Waals surface area contributed by atoms with Crippen LogP contribution in [0.15, 0.2) is 12.1 Å². The van der Waals surface area contributed by atoms with E-state index in [4.69, 9.17) is 5.73 Å². The second kappa shape index (κ2) is 4.58. The Hall–Kier alpha value is -0.860. The molecule has 3 N–H and O–H groups in total. The van der Waals surface area contributed by atoms with Crippen molar-refractivity contribution in [2.45, 2.75) is 39.8 Å². The molecule has 1 aromatic rings. The predicted molar refractivity (Wildman–Crippen MR) is 59.1 cm³/mol. The van der Waals surface area contributed by atoms with Crippen LogP contribution in [-0.2, 0) is 6.54 Å². The van der Waals surface area contributed by atoms with E-state index in [-0.39, 0.29) is 6.10 Å². The number of aryl methyl sites for hydroxylation is 2. The molecule has 0 fully saturated rings. The number of aliphatic hydroxyl groups excluding tert-OH is 1. The molecule has 1 aromatic carbocycles. The van der Waals surface area contributed by atoms with Crippen LogP contribution in [-0.4, -0.2) is 5.11 Å². The van der Waals surface area contributed by atoms with Gasteiger partial charge in [0.1, 0.15) is 0 Å². The van der Waals surface area contributed by atoms with Crippen molar-refractivity contribution in [3.8, 4) is 0 Å². The first-order valence-corrected chi connectivity index (χ1v) is 5.08. The monoisotopic (exact) mass is 193 g/mol. The van der Waals surface area contributed by atoms with Gasteiger partial charge in [0.15, 0.2) is 0 Å². The summed E-state index contributed by atoms with van der Waals surface area (Å²) in [5.74, 6) is 0. The molecular weight excluding hydrogens is 174 g/mol. The molecule has 78 valence electrons. The molecule has 0 saturated heterocycles. The van der Waals surface area contributed by atoms with Crippen LogP contribution in [0.4, 0.5) is 0 Å². The van der Waals surface area contributed by atoms with Crippen LogP contribution in [0.25, 0.3) is 0 Å². The van der Waals surface area contributed by atoms with E-state index in [2.05, 4.69) is 19.9 Å². The summed E-state index contributed by atoms with van der Waals surface area (Å²) in [6.07, 6.45) is 0.350. The molecule has 14 heavy (non-hydrogen) atoms. The average Bonchev–Trinajstić information content (AvgIpc) is 2.20. The molecule has 1 unspecified atom stereocenters. The van der Waals surface area contributed by atoms with Gasteiger partial charge in [0.25, 0.3) is 0 Å². The molecule has 2 nitrogen and oxygen atoms in total. The van der Waals surface area contributed by atoms with Gasteiger partial charge >= 0.3 is 0 Å². The summed E-state index contributed by atoms with van der Waals surface area (Å²) in [6.45, 7) is 6.59. The molecule has 2 heteroatoms. The first kappa shape index (κ1) is 11.2. The minimum Gasteiger partial charge on any atom is -0.388 e. The third-order valence-electron chi connectivity index (χ3n) is 2.72. The summed E-state index contributed by atoms with van der Waals surface area (Å²) in [4.78, 5) is 0. The topological polar surface area (TPSA) is 46.2 Å². The summed E-state index contributed by atoms with van der Waals surface area (Å²) in [5, 5.41) is 9.80. The van der Waals surface area contributed by atoms with Gasteiger partial charge in [0.05, 0.1) is 6.10 Å². The molecule has 0 spiro atoms. The van der Waals surface area contributed by atoms with Crippen LogP contribution in [0.1, 0.15) is 41.7 Å². The molecule has 0 aromatic heterocycles. The summed E-state index contributed by atoms with van der Waals surface area (Å²) >= 11 is 0. The lowest BCUT2D eigenvalue weighted by molar-refractivity contribution is 0.172. The highest BCUT2D eigenvalue weighted by Gasteiger charge is 2.10. The lowest BCUT2D eigenvalue weighted by Gasteiger charge is -2.15. The van der Waals surface area contributed by atoms with Crippen molar-refractivity contribution in [2.75, 3.05) is 0 Å². The van der Waals surface area contributed by atoms with Crippen LogP contribution in [0, 0.1) is 13.8 Å². The van der Waals surface area contributed by atoms with E-state index < -0.39 is 0 Å². The van der Waals surface area contributed by atoms with Crippen LogP contribution >= 0.6 is 0 Å². The van der Waals surface area contributed by atoms with E-state index in [0.717, 1.165) is 17.5 Å². The van der Waals surface area contributed by atoms with Crippen molar-refractivity contribution in [1.82, 2.24) is 0 Å². The van der Waals surface area contributed by atoms with Gasteiger partial charge in [-0.05, 0) is 42.5 Å². The van der Waals surface area contributed by atoms with Gasteiger partial charge < -0.3 is 10.8 Å². The highest BCUT2D eigenvalue weighted by molar-refractivity contribution is 5.38. The normalized spacial score (nSPS) is 12.9. The molecule has 0 amide bonds. The Balaban J connectivity index is 3.19. The Kier molecular flexibility index (Phi) is 3.67. The lowest BCUT2D eigenvalue weighted by atomic mass is 9.95. The zero-order valence-corrected chi connectivity index (χ0v) is 9.17. The quantitative estimate of drug-likeness (QED) is 0.773. The van der Waals surface area contributed by atoms with Gasteiger partial charge in [0, 0.05) is 6.54 Å². The molecule has 1 atom stereocenters. The van der Waals surface area contributed by atoms with Crippen LogP contribution < -0.4 is 5.73 Å². The van der Waals surface area contributed by atoms with E-state index in [1.165, 1.54) is 11.1 Å². The fourth-order valence-corrected chi connectivity index (χ4v) is 1.61. The maximum atomic E-state index is 9.80. The smallest absolute Gasteiger partial charge is 0.0790 e. The fourth-order valence-electron chi connectivity index (χ4n) is 1.61. The maximum Gasteiger partial charge on any atom is 0.0790 e. The second-order valence-corrected chi connectivity index (χ2v) is 3.76. The summed E-state index contributed by atoms with van der Waals surface area (Å²) in [6, 6.07) is 4.12. The SMILES string of the molecule is CCC(O)c1cc(C)c(C)cc1CN. The van der Waals surface area contributed by atoms with Crippen LogP contribution in [0.3, 0.4) is 0 Å². The third kappa shape index (κ3) is 2.14. The van der Waals surface area contributed by atoms with E-state index >= 15 is 0 Å². The molecule has 0 bridgehead atoms. The van der Waals surface area contributed by atoms with Crippen molar-refractivity contribution in [1.29, 1.82) is 0 Å². The molecule has 0 aliphatic carbocycles. The van der Waals surface area contributed by atoms with E-state index in [9.17, 15) is 5.11 Å². The molecule has 0 radical (unpaired) electrons. The predicted octanol–water partition coefficient (Wildman–Crippen LogP) is 2.21. The molecule has 0 aliphatic heterocycles. The van der Waals surface area contributed by atoms with Gasteiger partial charge in [-0.1, -0.05) is 19.1 Å². The Labute approximate surface area is 85.8 Å². The van der Waals surface area contributed by atoms with Crippen molar-refractivity contribution in [3.63, 3.8) is 0 Å². The summed E-state index contributed by atoms with van der Waals surface area (Å²) in [5.41, 5.74) is 10.1. The molecule has 0 saturated carbocycles. The first-order valence-electron chi connectivity index (χ1n) is 5.08. The van der Waals surface area contributed by atoms with E-state index in [0.29, 0.717) is 6.54 Å². The first-order chi connectivity index (χ1) is 6.60. The van der Waals surface area contributed by atoms with Gasteiger partial charge in [-0.2, -0.15) is 0 Å². The third-order valence-corrected chi connectivity index (χ3v) is 2.72.